The lowest BCUT2D eigenvalue weighted by Gasteiger charge is -2.25. The maximum Gasteiger partial charge on any atom is 0.300 e. The van der Waals surface area contributed by atoms with Gasteiger partial charge in [0.25, 0.3) is 11.7 Å². The van der Waals surface area contributed by atoms with Gasteiger partial charge >= 0.3 is 0 Å². The van der Waals surface area contributed by atoms with E-state index in [1.54, 1.807) is 60.9 Å². The van der Waals surface area contributed by atoms with Crippen LogP contribution in [0.5, 0.6) is 5.75 Å². The molecule has 1 N–H and O–H groups in total. The molecule has 31 heavy (non-hydrogen) atoms. The Morgan fingerprint density at radius 3 is 2.26 bits per heavy atom. The molecule has 1 aromatic heterocycles. The van der Waals surface area contributed by atoms with Gasteiger partial charge in [-0.2, -0.15) is 0 Å². The first-order chi connectivity index (χ1) is 15.0. The summed E-state index contributed by atoms with van der Waals surface area (Å²) in [5.41, 5.74) is 2.78. The number of carbonyl (C=O) groups excluding carboxylic acids is 2. The number of anilines is 1. The molecule has 0 aliphatic carbocycles. The number of aromatic nitrogens is 1. The summed E-state index contributed by atoms with van der Waals surface area (Å²) >= 11 is 0. The summed E-state index contributed by atoms with van der Waals surface area (Å²) in [6.07, 6.45) is 3.20. The van der Waals surface area contributed by atoms with Crippen molar-refractivity contribution in [1.82, 2.24) is 4.98 Å². The highest BCUT2D eigenvalue weighted by Crippen LogP contribution is 2.42. The van der Waals surface area contributed by atoms with Crippen LogP contribution >= 0.6 is 0 Å². The molecular weight excluding hydrogens is 392 g/mol. The average molecular weight is 414 g/mol. The number of pyridine rings is 1. The number of ether oxygens (including phenoxy) is 1. The molecule has 1 aliphatic heterocycles. The number of hydrogen-bond donors (Lipinski definition) is 1. The van der Waals surface area contributed by atoms with Gasteiger partial charge in [-0.05, 0) is 67.9 Å². The maximum absolute atomic E-state index is 13.1. The van der Waals surface area contributed by atoms with Gasteiger partial charge < -0.3 is 9.84 Å². The SMILES string of the molecule is CCOc1ccc(/C(O)=C2/C(=O)C(=O)N(c3ccc(C)cc3)C2c2ccncc2)cc1. The lowest BCUT2D eigenvalue weighted by Crippen LogP contribution is -2.29. The highest BCUT2D eigenvalue weighted by atomic mass is 16.5. The molecule has 1 unspecified atom stereocenters. The molecule has 2 aromatic carbocycles. The van der Waals surface area contributed by atoms with Gasteiger partial charge in [-0.3, -0.25) is 19.5 Å². The van der Waals surface area contributed by atoms with Gasteiger partial charge in [0.05, 0.1) is 18.2 Å². The number of hydrogen-bond acceptors (Lipinski definition) is 5. The van der Waals surface area contributed by atoms with Crippen molar-refractivity contribution in [3.05, 3.63) is 95.3 Å². The predicted octanol–water partition coefficient (Wildman–Crippen LogP) is 4.42. The Morgan fingerprint density at radius 2 is 1.65 bits per heavy atom. The minimum atomic E-state index is -0.766. The fourth-order valence-electron chi connectivity index (χ4n) is 3.70. The standard InChI is InChI=1S/C25H22N2O4/c1-3-31-20-10-6-18(7-11-20)23(28)21-22(17-12-14-26-15-13-17)27(25(30)24(21)29)19-8-4-16(2)5-9-19/h4-15,22,28H,3H2,1-2H3/b23-21-. The van der Waals surface area contributed by atoms with Crippen molar-refractivity contribution in [2.24, 2.45) is 0 Å². The molecule has 2 heterocycles. The molecule has 6 nitrogen and oxygen atoms in total. The minimum absolute atomic E-state index is 0.0425. The van der Waals surface area contributed by atoms with Crippen LogP contribution in [0.25, 0.3) is 5.76 Å². The molecule has 0 saturated carbocycles. The number of Topliss-reactive ketones (excluding diaryl/α,β-unsaturated/α-hetero) is 1. The van der Waals surface area contributed by atoms with E-state index in [0.29, 0.717) is 29.2 Å². The van der Waals surface area contributed by atoms with Crippen molar-refractivity contribution in [3.8, 4) is 5.75 Å². The quantitative estimate of drug-likeness (QED) is 0.380. The molecule has 1 atom stereocenters. The Labute approximate surface area is 180 Å². The normalized spacial score (nSPS) is 17.7. The second-order valence-corrected chi connectivity index (χ2v) is 7.24. The van der Waals surface area contributed by atoms with E-state index in [1.165, 1.54) is 4.90 Å². The summed E-state index contributed by atoms with van der Waals surface area (Å²) in [6.45, 7) is 4.36. The van der Waals surface area contributed by atoms with Gasteiger partial charge in [-0.1, -0.05) is 17.7 Å². The third kappa shape index (κ3) is 3.80. The molecule has 1 amide bonds. The number of carbonyl (C=O) groups is 2. The lowest BCUT2D eigenvalue weighted by atomic mass is 9.95. The molecule has 4 rings (SSSR count). The second kappa shape index (κ2) is 8.44. The molecule has 0 radical (unpaired) electrons. The van der Waals surface area contributed by atoms with Gasteiger partial charge in [0.15, 0.2) is 0 Å². The van der Waals surface area contributed by atoms with Crippen molar-refractivity contribution in [2.75, 3.05) is 11.5 Å². The van der Waals surface area contributed by atoms with E-state index in [1.807, 2.05) is 26.0 Å². The van der Waals surface area contributed by atoms with Crippen molar-refractivity contribution in [1.29, 1.82) is 0 Å². The Hall–Kier alpha value is -3.93. The van der Waals surface area contributed by atoms with Crippen LogP contribution in [0.3, 0.4) is 0 Å². The van der Waals surface area contributed by atoms with Crippen molar-refractivity contribution >= 4 is 23.1 Å². The van der Waals surface area contributed by atoms with E-state index in [-0.39, 0.29) is 11.3 Å². The fraction of sp³-hybridized carbons (Fsp3) is 0.160. The van der Waals surface area contributed by atoms with E-state index in [9.17, 15) is 14.7 Å². The zero-order chi connectivity index (χ0) is 22.0. The number of aliphatic hydroxyl groups is 1. The third-order valence-electron chi connectivity index (χ3n) is 5.22. The summed E-state index contributed by atoms with van der Waals surface area (Å²) in [4.78, 5) is 31.6. The summed E-state index contributed by atoms with van der Waals surface area (Å²) in [7, 11) is 0. The zero-order valence-corrected chi connectivity index (χ0v) is 17.3. The summed E-state index contributed by atoms with van der Waals surface area (Å²) in [6, 6.07) is 16.8. The molecule has 1 fully saturated rings. The van der Waals surface area contributed by atoms with Crippen LogP contribution < -0.4 is 9.64 Å². The van der Waals surface area contributed by atoms with Crippen LogP contribution in [0.1, 0.15) is 29.7 Å². The van der Waals surface area contributed by atoms with Crippen LogP contribution in [0.15, 0.2) is 78.6 Å². The predicted molar refractivity (Wildman–Crippen MR) is 118 cm³/mol. The molecule has 6 heteroatoms. The summed E-state index contributed by atoms with van der Waals surface area (Å²) in [5, 5.41) is 11.1. The van der Waals surface area contributed by atoms with E-state index in [0.717, 1.165) is 5.56 Å². The number of aryl methyl sites for hydroxylation is 1. The molecule has 3 aromatic rings. The molecule has 1 aliphatic rings. The third-order valence-corrected chi connectivity index (χ3v) is 5.22. The number of benzene rings is 2. The van der Waals surface area contributed by atoms with Crippen LogP contribution in [0.2, 0.25) is 0 Å². The molecular formula is C25H22N2O4. The Morgan fingerprint density at radius 1 is 1.00 bits per heavy atom. The smallest absolute Gasteiger partial charge is 0.300 e. The Bertz CT molecular complexity index is 1140. The molecule has 156 valence electrons. The van der Waals surface area contributed by atoms with E-state index < -0.39 is 17.7 Å². The number of nitrogens with zero attached hydrogens (tertiary/aromatic N) is 2. The fourth-order valence-corrected chi connectivity index (χ4v) is 3.70. The van der Waals surface area contributed by atoms with Crippen LogP contribution in [-0.2, 0) is 9.59 Å². The number of rotatable bonds is 5. The molecule has 1 saturated heterocycles. The van der Waals surface area contributed by atoms with Crippen molar-refractivity contribution < 1.29 is 19.4 Å². The lowest BCUT2D eigenvalue weighted by molar-refractivity contribution is -0.132. The second-order valence-electron chi connectivity index (χ2n) is 7.24. The minimum Gasteiger partial charge on any atom is -0.507 e. The maximum atomic E-state index is 13.1. The highest BCUT2D eigenvalue weighted by molar-refractivity contribution is 6.51. The van der Waals surface area contributed by atoms with Gasteiger partial charge in [-0.15, -0.1) is 0 Å². The van der Waals surface area contributed by atoms with E-state index >= 15 is 0 Å². The number of aliphatic hydroxyl groups excluding tert-OH is 1. The van der Waals surface area contributed by atoms with Crippen LogP contribution in [-0.4, -0.2) is 28.4 Å². The first-order valence-electron chi connectivity index (χ1n) is 10.0. The van der Waals surface area contributed by atoms with Gasteiger partial charge in [0.2, 0.25) is 0 Å². The van der Waals surface area contributed by atoms with E-state index in [2.05, 4.69) is 4.98 Å². The highest BCUT2D eigenvalue weighted by Gasteiger charge is 2.46. The average Bonchev–Trinajstić information content (AvgIpc) is 3.06. The monoisotopic (exact) mass is 414 g/mol. The summed E-state index contributed by atoms with van der Waals surface area (Å²) in [5.74, 6) is -0.977. The first kappa shape index (κ1) is 20.3. The van der Waals surface area contributed by atoms with Crippen LogP contribution in [0, 0.1) is 6.92 Å². The van der Waals surface area contributed by atoms with E-state index in [4.69, 9.17) is 4.74 Å². The molecule has 0 spiro atoms. The number of ketones is 1. The zero-order valence-electron chi connectivity index (χ0n) is 17.3. The summed E-state index contributed by atoms with van der Waals surface area (Å²) < 4.78 is 5.45. The van der Waals surface area contributed by atoms with Crippen LogP contribution in [0.4, 0.5) is 5.69 Å². The number of amides is 1. The van der Waals surface area contributed by atoms with Gasteiger partial charge in [0, 0.05) is 23.6 Å². The largest absolute Gasteiger partial charge is 0.507 e. The molecule has 0 bridgehead atoms. The Kier molecular flexibility index (Phi) is 5.54. The van der Waals surface area contributed by atoms with Crippen molar-refractivity contribution in [3.63, 3.8) is 0 Å². The van der Waals surface area contributed by atoms with Gasteiger partial charge in [-0.25, -0.2) is 0 Å². The Balaban J connectivity index is 1.87. The topological polar surface area (TPSA) is 79.7 Å². The van der Waals surface area contributed by atoms with Gasteiger partial charge in [0.1, 0.15) is 11.5 Å². The van der Waals surface area contributed by atoms with Crippen molar-refractivity contribution in [2.45, 2.75) is 19.9 Å². The first-order valence-corrected chi connectivity index (χ1v) is 10.0.